The summed E-state index contributed by atoms with van der Waals surface area (Å²) in [4.78, 5) is 24.3. The number of halogens is 1. The smallest absolute Gasteiger partial charge is 0.259 e. The molecule has 0 heterocycles. The normalized spacial score (nSPS) is 10.6. The van der Waals surface area contributed by atoms with Gasteiger partial charge in [0.15, 0.2) is 11.5 Å². The molecule has 8 nitrogen and oxygen atoms in total. The highest BCUT2D eigenvalue weighted by Gasteiger charge is 2.12. The number of hydrogen-bond donors (Lipinski definition) is 2. The van der Waals surface area contributed by atoms with Gasteiger partial charge >= 0.3 is 0 Å². The highest BCUT2D eigenvalue weighted by atomic mass is 79.9. The zero-order valence-corrected chi connectivity index (χ0v) is 21.2. The average molecular weight is 540 g/mol. The number of aryl methyl sites for hydroxylation is 1. The van der Waals surface area contributed by atoms with E-state index in [2.05, 4.69) is 31.8 Å². The molecule has 0 saturated carbocycles. The molecule has 3 rings (SSSR count). The molecule has 9 heteroatoms. The van der Waals surface area contributed by atoms with Crippen molar-refractivity contribution in [3.63, 3.8) is 0 Å². The van der Waals surface area contributed by atoms with E-state index >= 15 is 0 Å². The molecule has 0 atom stereocenters. The Morgan fingerprint density at radius 3 is 2.34 bits per heavy atom. The standard InChI is InChI=1S/C26H26BrN3O5/c1-17-4-6-18(7-5-17)16-35-22-10-8-19(12-21(22)27)14-29-30-25(31)15-28-26(32)20-9-11-23(33-2)24(13-20)34-3/h4-14H,15-16H2,1-3H3,(H,28,32)(H,30,31)/b29-14+. The summed E-state index contributed by atoms with van der Waals surface area (Å²) >= 11 is 3.50. The van der Waals surface area contributed by atoms with Crippen molar-refractivity contribution < 1.29 is 23.8 Å². The molecular formula is C26H26BrN3O5. The molecule has 3 aromatic carbocycles. The number of benzene rings is 3. The van der Waals surface area contributed by atoms with Crippen LogP contribution in [0.15, 0.2) is 70.2 Å². The molecule has 0 saturated heterocycles. The van der Waals surface area contributed by atoms with E-state index in [1.165, 1.54) is 32.1 Å². The minimum Gasteiger partial charge on any atom is -0.493 e. The van der Waals surface area contributed by atoms with Crippen molar-refractivity contribution in [1.82, 2.24) is 10.7 Å². The number of amides is 2. The van der Waals surface area contributed by atoms with Crippen LogP contribution in [0, 0.1) is 6.92 Å². The van der Waals surface area contributed by atoms with E-state index in [1.807, 2.05) is 49.4 Å². The Morgan fingerprint density at radius 2 is 1.66 bits per heavy atom. The lowest BCUT2D eigenvalue weighted by Crippen LogP contribution is -2.34. The van der Waals surface area contributed by atoms with E-state index in [-0.39, 0.29) is 6.54 Å². The first-order chi connectivity index (χ1) is 16.9. The van der Waals surface area contributed by atoms with Crippen LogP contribution in [-0.2, 0) is 11.4 Å². The van der Waals surface area contributed by atoms with E-state index in [4.69, 9.17) is 14.2 Å². The second kappa shape index (κ2) is 12.6. The second-order valence-electron chi connectivity index (χ2n) is 7.51. The van der Waals surface area contributed by atoms with E-state index in [1.54, 1.807) is 12.1 Å². The lowest BCUT2D eigenvalue weighted by atomic mass is 10.2. The predicted molar refractivity (Wildman–Crippen MR) is 137 cm³/mol. The Balaban J connectivity index is 1.47. The molecule has 0 aliphatic rings. The molecule has 0 aliphatic heterocycles. The SMILES string of the molecule is COc1ccc(C(=O)NCC(=O)N/N=C/c2ccc(OCc3ccc(C)cc3)c(Br)c2)cc1OC. The number of ether oxygens (including phenoxy) is 3. The summed E-state index contributed by atoms with van der Waals surface area (Å²) in [5, 5.41) is 6.48. The predicted octanol–water partition coefficient (Wildman–Crippen LogP) is 4.23. The molecular weight excluding hydrogens is 514 g/mol. The zero-order valence-electron chi connectivity index (χ0n) is 19.6. The number of methoxy groups -OCH3 is 2. The Bertz CT molecular complexity index is 1210. The molecule has 3 aromatic rings. The third kappa shape index (κ3) is 7.58. The van der Waals surface area contributed by atoms with Crippen molar-refractivity contribution in [1.29, 1.82) is 0 Å². The maximum Gasteiger partial charge on any atom is 0.259 e. The van der Waals surface area contributed by atoms with Crippen LogP contribution >= 0.6 is 15.9 Å². The summed E-state index contributed by atoms with van der Waals surface area (Å²) < 4.78 is 17.0. The maximum atomic E-state index is 12.3. The van der Waals surface area contributed by atoms with Gasteiger partial charge in [0.1, 0.15) is 12.4 Å². The van der Waals surface area contributed by atoms with Gasteiger partial charge in [-0.1, -0.05) is 29.8 Å². The van der Waals surface area contributed by atoms with Crippen molar-refractivity contribution in [2.75, 3.05) is 20.8 Å². The molecule has 182 valence electrons. The molecule has 2 amide bonds. The molecule has 35 heavy (non-hydrogen) atoms. The Kier molecular flexibility index (Phi) is 9.25. The first-order valence-corrected chi connectivity index (χ1v) is 11.5. The lowest BCUT2D eigenvalue weighted by molar-refractivity contribution is -0.120. The summed E-state index contributed by atoms with van der Waals surface area (Å²) in [7, 11) is 2.99. The number of hydrazone groups is 1. The molecule has 0 bridgehead atoms. The minimum absolute atomic E-state index is 0.236. The maximum absolute atomic E-state index is 12.3. The third-order valence-corrected chi connectivity index (χ3v) is 5.55. The fourth-order valence-electron chi connectivity index (χ4n) is 3.02. The van der Waals surface area contributed by atoms with Crippen LogP contribution < -0.4 is 25.0 Å². The minimum atomic E-state index is -0.466. The second-order valence-corrected chi connectivity index (χ2v) is 8.36. The van der Waals surface area contributed by atoms with Gasteiger partial charge in [0.2, 0.25) is 0 Å². The third-order valence-electron chi connectivity index (χ3n) is 4.93. The first kappa shape index (κ1) is 25.8. The number of carbonyl (C=O) groups excluding carboxylic acids is 2. The number of hydrogen-bond acceptors (Lipinski definition) is 6. The Labute approximate surface area is 212 Å². The van der Waals surface area contributed by atoms with Crippen molar-refractivity contribution in [3.8, 4) is 17.2 Å². The molecule has 0 fully saturated rings. The fraction of sp³-hybridized carbons (Fsp3) is 0.192. The van der Waals surface area contributed by atoms with E-state index < -0.39 is 11.8 Å². The van der Waals surface area contributed by atoms with Crippen molar-refractivity contribution in [2.45, 2.75) is 13.5 Å². The Morgan fingerprint density at radius 1 is 0.943 bits per heavy atom. The topological polar surface area (TPSA) is 98.2 Å². The molecule has 0 radical (unpaired) electrons. The largest absolute Gasteiger partial charge is 0.493 e. The molecule has 0 aromatic heterocycles. The lowest BCUT2D eigenvalue weighted by Gasteiger charge is -2.10. The monoisotopic (exact) mass is 539 g/mol. The highest BCUT2D eigenvalue weighted by molar-refractivity contribution is 9.10. The van der Waals surface area contributed by atoms with Gasteiger partial charge in [0.25, 0.3) is 11.8 Å². The van der Waals surface area contributed by atoms with Crippen molar-refractivity contribution in [3.05, 3.63) is 87.4 Å². The van der Waals surface area contributed by atoms with E-state index in [9.17, 15) is 9.59 Å². The molecule has 2 N–H and O–H groups in total. The van der Waals surface area contributed by atoms with Crippen LogP contribution in [0.4, 0.5) is 0 Å². The number of nitrogens with one attached hydrogen (secondary N) is 2. The van der Waals surface area contributed by atoms with Gasteiger partial charge in [-0.25, -0.2) is 5.43 Å². The number of nitrogens with zero attached hydrogens (tertiary/aromatic N) is 1. The van der Waals surface area contributed by atoms with Crippen LogP contribution in [-0.4, -0.2) is 38.8 Å². The summed E-state index contributed by atoms with van der Waals surface area (Å²) in [5.74, 6) is 0.743. The van der Waals surface area contributed by atoms with Crippen LogP contribution in [0.2, 0.25) is 0 Å². The number of rotatable bonds is 10. The summed E-state index contributed by atoms with van der Waals surface area (Å²) in [6.45, 7) is 2.26. The van der Waals surface area contributed by atoms with E-state index in [0.29, 0.717) is 29.4 Å². The van der Waals surface area contributed by atoms with Gasteiger partial charge in [0, 0.05) is 5.56 Å². The summed E-state index contributed by atoms with van der Waals surface area (Å²) in [6.07, 6.45) is 1.50. The van der Waals surface area contributed by atoms with Gasteiger partial charge in [0.05, 0.1) is 31.5 Å². The highest BCUT2D eigenvalue weighted by Crippen LogP contribution is 2.28. The van der Waals surface area contributed by atoms with Crippen LogP contribution in [0.25, 0.3) is 0 Å². The molecule has 0 unspecified atom stereocenters. The van der Waals surface area contributed by atoms with E-state index in [0.717, 1.165) is 15.6 Å². The van der Waals surface area contributed by atoms with Gasteiger partial charge in [-0.3, -0.25) is 9.59 Å². The van der Waals surface area contributed by atoms with Gasteiger partial charge in [-0.05, 0) is 70.4 Å². The van der Waals surface area contributed by atoms with Crippen LogP contribution in [0.5, 0.6) is 17.2 Å². The Hall–Kier alpha value is -3.85. The van der Waals surface area contributed by atoms with Crippen LogP contribution in [0.3, 0.4) is 0 Å². The molecule has 0 aliphatic carbocycles. The zero-order chi connectivity index (χ0) is 25.2. The molecule has 0 spiro atoms. The quantitative estimate of drug-likeness (QED) is 0.296. The van der Waals surface area contributed by atoms with Gasteiger partial charge < -0.3 is 19.5 Å². The van der Waals surface area contributed by atoms with Crippen molar-refractivity contribution >= 4 is 34.0 Å². The van der Waals surface area contributed by atoms with Gasteiger partial charge in [-0.2, -0.15) is 5.10 Å². The fourth-order valence-corrected chi connectivity index (χ4v) is 3.53. The van der Waals surface area contributed by atoms with Crippen LogP contribution in [0.1, 0.15) is 27.0 Å². The summed E-state index contributed by atoms with van der Waals surface area (Å²) in [5.41, 5.74) is 5.77. The average Bonchev–Trinajstić information content (AvgIpc) is 2.87. The summed E-state index contributed by atoms with van der Waals surface area (Å²) in [6, 6.07) is 18.4. The van der Waals surface area contributed by atoms with Crippen molar-refractivity contribution in [2.24, 2.45) is 5.10 Å². The number of carbonyl (C=O) groups is 2. The first-order valence-electron chi connectivity index (χ1n) is 10.7. The van der Waals surface area contributed by atoms with Gasteiger partial charge in [-0.15, -0.1) is 0 Å².